The van der Waals surface area contributed by atoms with Crippen molar-refractivity contribution in [1.29, 1.82) is 0 Å². The van der Waals surface area contributed by atoms with Gasteiger partial charge in [-0.1, -0.05) is 0 Å². The lowest BCUT2D eigenvalue weighted by Crippen LogP contribution is -2.49. The molecule has 0 saturated carbocycles. The Bertz CT molecular complexity index is 969. The molecule has 164 valence electrons. The number of hydrogen-bond donors (Lipinski definition) is 1. The van der Waals surface area contributed by atoms with Crippen molar-refractivity contribution < 1.29 is 14.4 Å². The first-order valence-electron chi connectivity index (χ1n) is 10.7. The van der Waals surface area contributed by atoms with Crippen molar-refractivity contribution in [2.45, 2.75) is 32.6 Å². The topological polar surface area (TPSA) is 109 Å². The number of aromatic nitrogens is 2. The molecule has 2 N–H and O–H groups in total. The van der Waals surface area contributed by atoms with Gasteiger partial charge >= 0.3 is 0 Å². The molecule has 4 heterocycles. The molecule has 2 fully saturated rings. The molecular weight excluding hydrogens is 414 g/mol. The fourth-order valence-corrected chi connectivity index (χ4v) is 5.38. The summed E-state index contributed by atoms with van der Waals surface area (Å²) in [6.45, 7) is 4.02. The Balaban J connectivity index is 1.42. The van der Waals surface area contributed by atoms with Gasteiger partial charge in [-0.05, 0) is 44.7 Å². The SMILES string of the molecule is Cc1nc(-c2cccnc2)sc1C(=O)N1CCCC(C(=O)N2CCC(C(N)=O)CC2)C1. The minimum Gasteiger partial charge on any atom is -0.369 e. The van der Waals surface area contributed by atoms with E-state index < -0.39 is 0 Å². The third kappa shape index (κ3) is 4.61. The Hall–Kier alpha value is -2.81. The van der Waals surface area contributed by atoms with Crippen molar-refractivity contribution in [3.05, 3.63) is 35.1 Å². The molecule has 0 spiro atoms. The summed E-state index contributed by atoms with van der Waals surface area (Å²) in [5.74, 6) is -0.606. The standard InChI is InChI=1S/C22H27N5O3S/c1-14-18(31-20(25-14)16-4-2-8-24-12-16)22(30)27-9-3-5-17(13-27)21(29)26-10-6-15(7-11-26)19(23)28/h2,4,8,12,15,17H,3,5-7,9-11,13H2,1H3,(H2,23,28). The van der Waals surface area contributed by atoms with E-state index in [9.17, 15) is 14.4 Å². The van der Waals surface area contributed by atoms with E-state index in [4.69, 9.17) is 5.73 Å². The number of likely N-dealkylation sites (tertiary alicyclic amines) is 2. The van der Waals surface area contributed by atoms with Gasteiger partial charge in [0, 0.05) is 50.1 Å². The number of nitrogens with two attached hydrogens (primary N) is 1. The van der Waals surface area contributed by atoms with Crippen LogP contribution in [0.15, 0.2) is 24.5 Å². The van der Waals surface area contributed by atoms with Gasteiger partial charge in [0.05, 0.1) is 11.6 Å². The van der Waals surface area contributed by atoms with Crippen LogP contribution in [0.1, 0.15) is 41.0 Å². The maximum atomic E-state index is 13.2. The zero-order chi connectivity index (χ0) is 22.0. The molecule has 3 amide bonds. The molecule has 8 nitrogen and oxygen atoms in total. The van der Waals surface area contributed by atoms with Crippen molar-refractivity contribution >= 4 is 29.1 Å². The van der Waals surface area contributed by atoms with E-state index in [1.54, 1.807) is 17.3 Å². The molecule has 2 aliphatic rings. The molecule has 0 aliphatic carbocycles. The van der Waals surface area contributed by atoms with E-state index in [0.29, 0.717) is 49.6 Å². The van der Waals surface area contributed by atoms with Crippen LogP contribution >= 0.6 is 11.3 Å². The zero-order valence-electron chi connectivity index (χ0n) is 17.6. The van der Waals surface area contributed by atoms with Gasteiger partial charge in [0.2, 0.25) is 11.8 Å². The zero-order valence-corrected chi connectivity index (χ0v) is 18.4. The van der Waals surface area contributed by atoms with Gasteiger partial charge in [0.15, 0.2) is 0 Å². The number of pyridine rings is 1. The third-order valence-electron chi connectivity index (χ3n) is 6.17. The average Bonchev–Trinajstić information content (AvgIpc) is 3.20. The Labute approximate surface area is 185 Å². The van der Waals surface area contributed by atoms with E-state index in [-0.39, 0.29) is 29.6 Å². The molecule has 1 atom stereocenters. The number of hydrogen-bond acceptors (Lipinski definition) is 6. The normalized spacial score (nSPS) is 20.0. The Morgan fingerprint density at radius 1 is 1.10 bits per heavy atom. The van der Waals surface area contributed by atoms with Gasteiger partial charge < -0.3 is 15.5 Å². The summed E-state index contributed by atoms with van der Waals surface area (Å²) in [6.07, 6.45) is 6.26. The van der Waals surface area contributed by atoms with Crippen LogP contribution in [0.2, 0.25) is 0 Å². The highest BCUT2D eigenvalue weighted by molar-refractivity contribution is 7.17. The number of rotatable bonds is 4. The first kappa shape index (κ1) is 21.4. The van der Waals surface area contributed by atoms with Crippen LogP contribution in [0, 0.1) is 18.8 Å². The van der Waals surface area contributed by atoms with Gasteiger partial charge in [-0.15, -0.1) is 11.3 Å². The summed E-state index contributed by atoms with van der Waals surface area (Å²) in [4.78, 5) is 50.6. The number of aryl methyl sites for hydroxylation is 1. The predicted octanol–water partition coefficient (Wildman–Crippen LogP) is 2.09. The number of carbonyl (C=O) groups excluding carboxylic acids is 3. The van der Waals surface area contributed by atoms with Crippen LogP contribution in [-0.4, -0.2) is 63.7 Å². The number of carbonyl (C=O) groups is 3. The second kappa shape index (κ2) is 9.13. The molecule has 9 heteroatoms. The van der Waals surface area contributed by atoms with Gasteiger partial charge in [0.1, 0.15) is 9.88 Å². The third-order valence-corrected chi connectivity index (χ3v) is 7.36. The molecule has 31 heavy (non-hydrogen) atoms. The van der Waals surface area contributed by atoms with Crippen LogP contribution in [0.4, 0.5) is 0 Å². The summed E-state index contributed by atoms with van der Waals surface area (Å²) in [5, 5.41) is 0.774. The van der Waals surface area contributed by atoms with E-state index in [1.165, 1.54) is 11.3 Å². The summed E-state index contributed by atoms with van der Waals surface area (Å²) in [5.41, 5.74) is 6.99. The molecule has 0 radical (unpaired) electrons. The van der Waals surface area contributed by atoms with E-state index in [2.05, 4.69) is 9.97 Å². The molecule has 2 aromatic heterocycles. The second-order valence-electron chi connectivity index (χ2n) is 8.27. The van der Waals surface area contributed by atoms with Crippen LogP contribution in [-0.2, 0) is 9.59 Å². The monoisotopic (exact) mass is 441 g/mol. The smallest absolute Gasteiger partial charge is 0.265 e. The molecular formula is C22H27N5O3S. The number of amides is 3. The molecule has 2 saturated heterocycles. The summed E-state index contributed by atoms with van der Waals surface area (Å²) >= 11 is 1.37. The predicted molar refractivity (Wildman–Crippen MR) is 117 cm³/mol. The molecule has 0 bridgehead atoms. The van der Waals surface area contributed by atoms with Crippen molar-refractivity contribution in [3.8, 4) is 10.6 Å². The maximum Gasteiger partial charge on any atom is 0.265 e. The Morgan fingerprint density at radius 3 is 2.55 bits per heavy atom. The number of thiazole rings is 1. The van der Waals surface area contributed by atoms with Crippen LogP contribution in [0.3, 0.4) is 0 Å². The van der Waals surface area contributed by atoms with Crippen molar-refractivity contribution in [3.63, 3.8) is 0 Å². The van der Waals surface area contributed by atoms with Gasteiger partial charge in [0.25, 0.3) is 5.91 Å². The van der Waals surface area contributed by atoms with Crippen molar-refractivity contribution in [2.24, 2.45) is 17.6 Å². The largest absolute Gasteiger partial charge is 0.369 e. The maximum absolute atomic E-state index is 13.2. The van der Waals surface area contributed by atoms with Crippen LogP contribution in [0.5, 0.6) is 0 Å². The molecule has 0 aromatic carbocycles. The molecule has 1 unspecified atom stereocenters. The van der Waals surface area contributed by atoms with Crippen LogP contribution in [0.25, 0.3) is 10.6 Å². The molecule has 2 aromatic rings. The lowest BCUT2D eigenvalue weighted by atomic mass is 9.92. The highest BCUT2D eigenvalue weighted by Crippen LogP contribution is 2.30. The summed E-state index contributed by atoms with van der Waals surface area (Å²) in [7, 11) is 0. The first-order valence-corrected chi connectivity index (χ1v) is 11.5. The first-order chi connectivity index (χ1) is 14.9. The average molecular weight is 442 g/mol. The quantitative estimate of drug-likeness (QED) is 0.781. The minimum atomic E-state index is -0.285. The number of piperidine rings is 2. The lowest BCUT2D eigenvalue weighted by molar-refractivity contribution is -0.139. The fraction of sp³-hybridized carbons (Fsp3) is 0.500. The molecule has 4 rings (SSSR count). The summed E-state index contributed by atoms with van der Waals surface area (Å²) in [6, 6.07) is 3.77. The number of nitrogens with zero attached hydrogens (tertiary/aromatic N) is 4. The minimum absolute atomic E-state index is 0.0601. The van der Waals surface area contributed by atoms with E-state index in [1.807, 2.05) is 24.0 Å². The van der Waals surface area contributed by atoms with Crippen molar-refractivity contribution in [2.75, 3.05) is 26.2 Å². The second-order valence-corrected chi connectivity index (χ2v) is 9.27. The Morgan fingerprint density at radius 2 is 1.87 bits per heavy atom. The highest BCUT2D eigenvalue weighted by atomic mass is 32.1. The van der Waals surface area contributed by atoms with E-state index >= 15 is 0 Å². The highest BCUT2D eigenvalue weighted by Gasteiger charge is 2.34. The Kier molecular flexibility index (Phi) is 6.31. The van der Waals surface area contributed by atoms with Gasteiger partial charge in [-0.2, -0.15) is 0 Å². The van der Waals surface area contributed by atoms with Gasteiger partial charge in [-0.3, -0.25) is 19.4 Å². The van der Waals surface area contributed by atoms with Crippen molar-refractivity contribution in [1.82, 2.24) is 19.8 Å². The summed E-state index contributed by atoms with van der Waals surface area (Å²) < 4.78 is 0. The van der Waals surface area contributed by atoms with E-state index in [0.717, 1.165) is 23.4 Å². The lowest BCUT2D eigenvalue weighted by Gasteiger charge is -2.37. The number of primary amides is 1. The van der Waals surface area contributed by atoms with Gasteiger partial charge in [-0.25, -0.2) is 4.98 Å². The fourth-order valence-electron chi connectivity index (χ4n) is 4.36. The molecule has 2 aliphatic heterocycles. The van der Waals surface area contributed by atoms with Crippen LogP contribution < -0.4 is 5.73 Å².